The van der Waals surface area contributed by atoms with Gasteiger partial charge in [-0.05, 0) is 45.3 Å². The van der Waals surface area contributed by atoms with E-state index in [2.05, 4.69) is 27.4 Å². The predicted octanol–water partition coefficient (Wildman–Crippen LogP) is 1.03. The summed E-state index contributed by atoms with van der Waals surface area (Å²) in [6.45, 7) is 4.45. The number of nitrogens with zero attached hydrogens (tertiary/aromatic N) is 3. The van der Waals surface area contributed by atoms with Gasteiger partial charge in [-0.3, -0.25) is 0 Å². The van der Waals surface area contributed by atoms with Gasteiger partial charge in [0.1, 0.15) is 0 Å². The molecule has 0 spiro atoms. The minimum absolute atomic E-state index is 0.422. The molecule has 2 saturated heterocycles. The van der Waals surface area contributed by atoms with Crippen molar-refractivity contribution in [2.24, 2.45) is 5.92 Å². The standard InChI is InChI=1S/C13H22N4O/c1-17-6-4-10(9-17)7-12-15-13(18-16-12)11-3-2-5-14-8-11/h10-11,14H,2-9H2,1H3. The van der Waals surface area contributed by atoms with E-state index in [1.807, 2.05) is 0 Å². The molecule has 2 aliphatic rings. The average molecular weight is 250 g/mol. The summed E-state index contributed by atoms with van der Waals surface area (Å²) in [5, 5.41) is 7.53. The van der Waals surface area contributed by atoms with Crippen molar-refractivity contribution in [3.05, 3.63) is 11.7 Å². The summed E-state index contributed by atoms with van der Waals surface area (Å²) in [6, 6.07) is 0. The molecule has 0 bridgehead atoms. The van der Waals surface area contributed by atoms with Gasteiger partial charge in [-0.1, -0.05) is 5.16 Å². The number of piperidine rings is 1. The molecule has 3 heterocycles. The Labute approximate surface area is 108 Å². The maximum absolute atomic E-state index is 5.43. The van der Waals surface area contributed by atoms with Gasteiger partial charge in [-0.15, -0.1) is 0 Å². The quantitative estimate of drug-likeness (QED) is 0.868. The maximum Gasteiger partial charge on any atom is 0.231 e. The van der Waals surface area contributed by atoms with Crippen LogP contribution in [0.3, 0.4) is 0 Å². The highest BCUT2D eigenvalue weighted by molar-refractivity contribution is 4.98. The van der Waals surface area contributed by atoms with Crippen molar-refractivity contribution in [2.45, 2.75) is 31.6 Å². The van der Waals surface area contributed by atoms with Crippen molar-refractivity contribution in [3.63, 3.8) is 0 Å². The molecular weight excluding hydrogens is 228 g/mol. The van der Waals surface area contributed by atoms with Crippen molar-refractivity contribution in [1.82, 2.24) is 20.4 Å². The van der Waals surface area contributed by atoms with E-state index in [1.54, 1.807) is 0 Å². The lowest BCUT2D eigenvalue weighted by Gasteiger charge is -2.18. The van der Waals surface area contributed by atoms with Crippen molar-refractivity contribution in [1.29, 1.82) is 0 Å². The first-order chi connectivity index (χ1) is 8.81. The van der Waals surface area contributed by atoms with Gasteiger partial charge in [-0.25, -0.2) is 0 Å². The van der Waals surface area contributed by atoms with Gasteiger partial charge >= 0.3 is 0 Å². The van der Waals surface area contributed by atoms with Crippen LogP contribution in [0.25, 0.3) is 0 Å². The third-order valence-corrected chi connectivity index (χ3v) is 4.09. The Bertz CT molecular complexity index is 386. The lowest BCUT2D eigenvalue weighted by atomic mass is 10.00. The normalized spacial score (nSPS) is 29.8. The van der Waals surface area contributed by atoms with Crippen LogP contribution in [0.5, 0.6) is 0 Å². The molecule has 5 heteroatoms. The molecule has 0 amide bonds. The van der Waals surface area contributed by atoms with Crippen LogP contribution in [-0.2, 0) is 6.42 Å². The fourth-order valence-corrected chi connectivity index (χ4v) is 3.03. The number of likely N-dealkylation sites (tertiary alicyclic amines) is 1. The molecule has 1 aromatic heterocycles. The lowest BCUT2D eigenvalue weighted by Crippen LogP contribution is -2.28. The van der Waals surface area contributed by atoms with Crippen LogP contribution in [0.4, 0.5) is 0 Å². The van der Waals surface area contributed by atoms with Crippen molar-refractivity contribution in [2.75, 3.05) is 33.2 Å². The zero-order valence-electron chi connectivity index (χ0n) is 11.1. The lowest BCUT2D eigenvalue weighted by molar-refractivity contribution is 0.318. The molecule has 2 unspecified atom stereocenters. The van der Waals surface area contributed by atoms with Gasteiger partial charge in [0.05, 0.1) is 5.92 Å². The molecule has 100 valence electrons. The van der Waals surface area contributed by atoms with Crippen molar-refractivity contribution < 1.29 is 4.52 Å². The van der Waals surface area contributed by atoms with E-state index >= 15 is 0 Å². The van der Waals surface area contributed by atoms with Gasteiger partial charge in [0.2, 0.25) is 5.89 Å². The summed E-state index contributed by atoms with van der Waals surface area (Å²) in [5.41, 5.74) is 0. The smallest absolute Gasteiger partial charge is 0.231 e. The molecule has 1 N–H and O–H groups in total. The first kappa shape index (κ1) is 12.1. The van der Waals surface area contributed by atoms with Crippen LogP contribution in [0.15, 0.2) is 4.52 Å². The van der Waals surface area contributed by atoms with E-state index in [0.29, 0.717) is 11.8 Å². The highest BCUT2D eigenvalue weighted by Crippen LogP contribution is 2.23. The Kier molecular flexibility index (Phi) is 3.61. The summed E-state index contributed by atoms with van der Waals surface area (Å²) in [5.74, 6) is 2.86. The van der Waals surface area contributed by atoms with Crippen LogP contribution in [0.2, 0.25) is 0 Å². The van der Waals surface area contributed by atoms with Crippen LogP contribution >= 0.6 is 0 Å². The minimum atomic E-state index is 0.422. The second-order valence-corrected chi connectivity index (χ2v) is 5.71. The number of hydrogen-bond acceptors (Lipinski definition) is 5. The van der Waals surface area contributed by atoms with Gasteiger partial charge in [-0.2, -0.15) is 4.98 Å². The summed E-state index contributed by atoms with van der Waals surface area (Å²) in [7, 11) is 2.18. The third-order valence-electron chi connectivity index (χ3n) is 4.09. The van der Waals surface area contributed by atoms with E-state index in [-0.39, 0.29) is 0 Å². The van der Waals surface area contributed by atoms with Crippen LogP contribution in [-0.4, -0.2) is 48.3 Å². The summed E-state index contributed by atoms with van der Waals surface area (Å²) in [6.07, 6.45) is 4.59. The monoisotopic (exact) mass is 250 g/mol. The highest BCUT2D eigenvalue weighted by Gasteiger charge is 2.24. The maximum atomic E-state index is 5.43. The molecule has 0 aliphatic carbocycles. The SMILES string of the molecule is CN1CCC(Cc2noc(C3CCCNC3)n2)C1. The molecule has 2 atom stereocenters. The first-order valence-corrected chi connectivity index (χ1v) is 7.03. The Hall–Kier alpha value is -0.940. The van der Waals surface area contributed by atoms with E-state index in [4.69, 9.17) is 4.52 Å². The second kappa shape index (κ2) is 5.36. The molecule has 3 rings (SSSR count). The van der Waals surface area contributed by atoms with E-state index < -0.39 is 0 Å². The van der Waals surface area contributed by atoms with E-state index in [1.165, 1.54) is 25.8 Å². The number of aromatic nitrogens is 2. The Morgan fingerprint density at radius 3 is 3.11 bits per heavy atom. The summed E-state index contributed by atoms with van der Waals surface area (Å²) in [4.78, 5) is 6.96. The predicted molar refractivity (Wildman–Crippen MR) is 68.5 cm³/mol. The number of hydrogen-bond donors (Lipinski definition) is 1. The minimum Gasteiger partial charge on any atom is -0.339 e. The molecule has 1 aromatic rings. The van der Waals surface area contributed by atoms with Gasteiger partial charge < -0.3 is 14.7 Å². The van der Waals surface area contributed by atoms with Crippen LogP contribution < -0.4 is 5.32 Å². The number of nitrogens with one attached hydrogen (secondary N) is 1. The molecule has 2 fully saturated rings. The van der Waals surface area contributed by atoms with Gasteiger partial charge in [0, 0.05) is 19.5 Å². The van der Waals surface area contributed by atoms with Crippen molar-refractivity contribution >= 4 is 0 Å². The molecule has 0 radical (unpaired) electrons. The fraction of sp³-hybridized carbons (Fsp3) is 0.846. The number of rotatable bonds is 3. The van der Waals surface area contributed by atoms with Crippen LogP contribution in [0, 0.1) is 5.92 Å². The largest absolute Gasteiger partial charge is 0.339 e. The summed E-state index contributed by atoms with van der Waals surface area (Å²) >= 11 is 0. The summed E-state index contributed by atoms with van der Waals surface area (Å²) < 4.78 is 5.43. The molecule has 18 heavy (non-hydrogen) atoms. The van der Waals surface area contributed by atoms with Crippen LogP contribution in [0.1, 0.15) is 36.9 Å². The zero-order chi connectivity index (χ0) is 12.4. The molecule has 0 saturated carbocycles. The second-order valence-electron chi connectivity index (χ2n) is 5.71. The third kappa shape index (κ3) is 2.72. The highest BCUT2D eigenvalue weighted by atomic mass is 16.5. The van der Waals surface area contributed by atoms with E-state index in [0.717, 1.165) is 37.8 Å². The Balaban J connectivity index is 1.59. The first-order valence-electron chi connectivity index (χ1n) is 7.03. The Morgan fingerprint density at radius 1 is 1.44 bits per heavy atom. The molecule has 5 nitrogen and oxygen atoms in total. The fourth-order valence-electron chi connectivity index (χ4n) is 3.03. The van der Waals surface area contributed by atoms with E-state index in [9.17, 15) is 0 Å². The van der Waals surface area contributed by atoms with Crippen molar-refractivity contribution in [3.8, 4) is 0 Å². The molecular formula is C13H22N4O. The molecule has 0 aromatic carbocycles. The van der Waals surface area contributed by atoms with Gasteiger partial charge in [0.25, 0.3) is 0 Å². The zero-order valence-corrected chi connectivity index (χ0v) is 11.1. The molecule has 2 aliphatic heterocycles. The van der Waals surface area contributed by atoms with Gasteiger partial charge in [0.15, 0.2) is 5.82 Å². The Morgan fingerprint density at radius 2 is 2.39 bits per heavy atom. The average Bonchev–Trinajstić information content (AvgIpc) is 3.01. The topological polar surface area (TPSA) is 54.2 Å².